The molecule has 6 nitrogen and oxygen atoms in total. The molecule has 23 heavy (non-hydrogen) atoms. The number of ether oxygens (including phenoxy) is 1. The summed E-state index contributed by atoms with van der Waals surface area (Å²) in [4.78, 5) is 11.8. The van der Waals surface area contributed by atoms with E-state index < -0.39 is 23.4 Å². The van der Waals surface area contributed by atoms with E-state index in [1.807, 2.05) is 0 Å². The molecular formula is C15H14F2N4O2. The highest BCUT2D eigenvalue weighted by Crippen LogP contribution is 2.20. The van der Waals surface area contributed by atoms with Crippen LogP contribution < -0.4 is 10.6 Å². The maximum absolute atomic E-state index is 13.7. The number of terminal acetylenes is 1. The Bertz CT molecular complexity index is 729. The normalized spacial score (nSPS) is 10.2. The number of anilines is 2. The second kappa shape index (κ2) is 7.38. The third-order valence-corrected chi connectivity index (χ3v) is 2.85. The van der Waals surface area contributed by atoms with E-state index in [1.165, 1.54) is 0 Å². The molecule has 0 bridgehead atoms. The molecule has 0 aliphatic heterocycles. The summed E-state index contributed by atoms with van der Waals surface area (Å²) in [7, 11) is 1.56. The lowest BCUT2D eigenvalue weighted by molar-refractivity contribution is 0.183. The minimum atomic E-state index is -0.960. The Labute approximate surface area is 131 Å². The molecule has 8 heteroatoms. The van der Waals surface area contributed by atoms with Crippen LogP contribution in [0.4, 0.5) is 25.1 Å². The number of carbonyl (C=O) groups is 1. The molecule has 0 aliphatic rings. The lowest BCUT2D eigenvalue weighted by Gasteiger charge is -2.08. The van der Waals surface area contributed by atoms with E-state index in [1.54, 1.807) is 24.1 Å². The minimum absolute atomic E-state index is 0.0443. The third-order valence-electron chi connectivity index (χ3n) is 2.85. The summed E-state index contributed by atoms with van der Waals surface area (Å²) < 4.78 is 33.9. The summed E-state index contributed by atoms with van der Waals surface area (Å²) in [6, 6.07) is 2.63. The SMILES string of the molecule is C#Cc1cc(F)c(NC(=O)Nc2ccn(CCOC)n2)c(F)c1. The standard InChI is InChI=1S/C15H14F2N4O2/c1-3-10-8-11(16)14(12(17)9-10)19-15(22)18-13-4-5-21(20-13)6-7-23-2/h1,4-5,8-9H,6-7H2,2H3,(H2,18,19,20,22). The highest BCUT2D eigenvalue weighted by molar-refractivity contribution is 5.99. The van der Waals surface area contributed by atoms with E-state index in [4.69, 9.17) is 11.2 Å². The molecule has 2 amide bonds. The van der Waals surface area contributed by atoms with Crippen molar-refractivity contribution >= 4 is 17.5 Å². The largest absolute Gasteiger partial charge is 0.383 e. The number of hydrogen-bond acceptors (Lipinski definition) is 3. The molecule has 2 N–H and O–H groups in total. The van der Waals surface area contributed by atoms with Crippen molar-refractivity contribution in [1.29, 1.82) is 0 Å². The zero-order valence-corrected chi connectivity index (χ0v) is 12.3. The number of urea groups is 1. The van der Waals surface area contributed by atoms with Gasteiger partial charge in [-0.05, 0) is 12.1 Å². The Balaban J connectivity index is 2.03. The van der Waals surface area contributed by atoms with E-state index in [0.29, 0.717) is 13.2 Å². The monoisotopic (exact) mass is 320 g/mol. The second-order valence-electron chi connectivity index (χ2n) is 4.50. The predicted octanol–water partition coefficient (Wildman–Crippen LogP) is 2.43. The van der Waals surface area contributed by atoms with Crippen LogP contribution in [0.15, 0.2) is 24.4 Å². The van der Waals surface area contributed by atoms with Crippen molar-refractivity contribution in [2.45, 2.75) is 6.54 Å². The number of rotatable bonds is 5. The van der Waals surface area contributed by atoms with Crippen LogP contribution in [-0.4, -0.2) is 29.5 Å². The molecule has 0 saturated carbocycles. The Morgan fingerprint density at radius 2 is 2.09 bits per heavy atom. The van der Waals surface area contributed by atoms with Crippen molar-refractivity contribution < 1.29 is 18.3 Å². The molecule has 1 heterocycles. The Morgan fingerprint density at radius 1 is 1.39 bits per heavy atom. The number of nitrogens with one attached hydrogen (secondary N) is 2. The van der Waals surface area contributed by atoms with E-state index in [2.05, 4.69) is 21.7 Å². The van der Waals surface area contributed by atoms with Crippen LogP contribution in [0, 0.1) is 24.0 Å². The molecule has 0 saturated heterocycles. The van der Waals surface area contributed by atoms with Crippen molar-refractivity contribution in [3.05, 3.63) is 41.6 Å². The maximum Gasteiger partial charge on any atom is 0.325 e. The summed E-state index contributed by atoms with van der Waals surface area (Å²) in [5, 5.41) is 8.51. The fourth-order valence-corrected chi connectivity index (χ4v) is 1.77. The molecule has 1 aromatic heterocycles. The van der Waals surface area contributed by atoms with Gasteiger partial charge in [0.05, 0.1) is 13.2 Å². The molecule has 1 aromatic carbocycles. The van der Waals surface area contributed by atoms with Gasteiger partial charge in [-0.2, -0.15) is 5.10 Å². The average Bonchev–Trinajstić information content (AvgIpc) is 2.95. The molecule has 2 rings (SSSR count). The van der Waals surface area contributed by atoms with Crippen LogP contribution in [0.25, 0.3) is 0 Å². The summed E-state index contributed by atoms with van der Waals surface area (Å²) in [5.41, 5.74) is -0.539. The summed E-state index contributed by atoms with van der Waals surface area (Å²) in [6.45, 7) is 0.974. The Kier molecular flexibility index (Phi) is 5.28. The first-order valence-corrected chi connectivity index (χ1v) is 6.59. The number of aromatic nitrogens is 2. The van der Waals surface area contributed by atoms with Crippen LogP contribution in [0.1, 0.15) is 5.56 Å². The number of carbonyl (C=O) groups excluding carboxylic acids is 1. The predicted molar refractivity (Wildman–Crippen MR) is 81.0 cm³/mol. The smallest absolute Gasteiger partial charge is 0.325 e. The van der Waals surface area contributed by atoms with Crippen LogP contribution in [0.5, 0.6) is 0 Å². The van der Waals surface area contributed by atoms with Crippen LogP contribution in [0.2, 0.25) is 0 Å². The fraction of sp³-hybridized carbons (Fsp3) is 0.200. The molecular weight excluding hydrogens is 306 g/mol. The minimum Gasteiger partial charge on any atom is -0.383 e. The van der Waals surface area contributed by atoms with Gasteiger partial charge in [-0.1, -0.05) is 5.92 Å². The second-order valence-corrected chi connectivity index (χ2v) is 4.50. The zero-order valence-electron chi connectivity index (χ0n) is 12.3. The first kappa shape index (κ1) is 16.5. The van der Waals surface area contributed by atoms with Gasteiger partial charge in [-0.3, -0.25) is 10.00 Å². The van der Waals surface area contributed by atoms with Gasteiger partial charge >= 0.3 is 6.03 Å². The molecule has 0 spiro atoms. The molecule has 2 aromatic rings. The number of benzene rings is 1. The van der Waals surface area contributed by atoms with Gasteiger partial charge < -0.3 is 10.1 Å². The molecule has 0 atom stereocenters. The molecule has 0 unspecified atom stereocenters. The van der Waals surface area contributed by atoms with Crippen molar-refractivity contribution in [2.75, 3.05) is 24.4 Å². The molecule has 120 valence electrons. The number of hydrogen-bond donors (Lipinski definition) is 2. The zero-order chi connectivity index (χ0) is 16.8. The molecule has 0 aliphatic carbocycles. The van der Waals surface area contributed by atoms with Gasteiger partial charge in [0.2, 0.25) is 0 Å². The maximum atomic E-state index is 13.7. The van der Waals surface area contributed by atoms with Crippen LogP contribution in [0.3, 0.4) is 0 Å². The summed E-state index contributed by atoms with van der Waals surface area (Å²) in [5.74, 6) is 0.434. The van der Waals surface area contributed by atoms with Gasteiger partial charge in [0.15, 0.2) is 17.5 Å². The Morgan fingerprint density at radius 3 is 2.70 bits per heavy atom. The van der Waals surface area contributed by atoms with E-state index >= 15 is 0 Å². The van der Waals surface area contributed by atoms with Crippen molar-refractivity contribution in [3.8, 4) is 12.3 Å². The fourth-order valence-electron chi connectivity index (χ4n) is 1.77. The quantitative estimate of drug-likeness (QED) is 0.832. The Hall–Kier alpha value is -2.92. The van der Waals surface area contributed by atoms with Gasteiger partial charge in [0.25, 0.3) is 0 Å². The number of amides is 2. The highest BCUT2D eigenvalue weighted by Gasteiger charge is 2.14. The molecule has 0 fully saturated rings. The molecule has 0 radical (unpaired) electrons. The summed E-state index contributed by atoms with van der Waals surface area (Å²) >= 11 is 0. The number of methoxy groups -OCH3 is 1. The topological polar surface area (TPSA) is 68.2 Å². The van der Waals surface area contributed by atoms with Gasteiger partial charge in [0.1, 0.15) is 5.69 Å². The highest BCUT2D eigenvalue weighted by atomic mass is 19.1. The van der Waals surface area contributed by atoms with Gasteiger partial charge in [-0.15, -0.1) is 6.42 Å². The number of halogens is 2. The lowest BCUT2D eigenvalue weighted by atomic mass is 10.2. The summed E-state index contributed by atoms with van der Waals surface area (Å²) in [6.07, 6.45) is 6.71. The average molecular weight is 320 g/mol. The van der Waals surface area contributed by atoms with E-state index in [-0.39, 0.29) is 11.4 Å². The lowest BCUT2D eigenvalue weighted by Crippen LogP contribution is -2.21. The first-order valence-electron chi connectivity index (χ1n) is 6.59. The van der Waals surface area contributed by atoms with Crippen molar-refractivity contribution in [1.82, 2.24) is 9.78 Å². The van der Waals surface area contributed by atoms with Crippen LogP contribution >= 0.6 is 0 Å². The van der Waals surface area contributed by atoms with Gasteiger partial charge in [-0.25, -0.2) is 13.6 Å². The van der Waals surface area contributed by atoms with E-state index in [9.17, 15) is 13.6 Å². The van der Waals surface area contributed by atoms with Crippen molar-refractivity contribution in [2.24, 2.45) is 0 Å². The first-order chi connectivity index (χ1) is 11.0. The van der Waals surface area contributed by atoms with Crippen molar-refractivity contribution in [3.63, 3.8) is 0 Å². The van der Waals surface area contributed by atoms with E-state index in [0.717, 1.165) is 12.1 Å². The van der Waals surface area contributed by atoms with Crippen LogP contribution in [-0.2, 0) is 11.3 Å². The van der Waals surface area contributed by atoms with Gasteiger partial charge in [0, 0.05) is 24.9 Å². The number of nitrogens with zero attached hydrogens (tertiary/aromatic N) is 2. The third kappa shape index (κ3) is 4.28.